The molecule has 0 saturated carbocycles. The van der Waals surface area contributed by atoms with Gasteiger partial charge in [-0.1, -0.05) is 6.07 Å². The highest BCUT2D eigenvalue weighted by atomic mass is 19.4. The van der Waals surface area contributed by atoms with Crippen LogP contribution in [0, 0.1) is 0 Å². The van der Waals surface area contributed by atoms with Crippen LogP contribution in [-0.2, 0) is 11.3 Å². The molecule has 1 aromatic rings. The lowest BCUT2D eigenvalue weighted by molar-refractivity contribution is -0.163. The van der Waals surface area contributed by atoms with Crippen LogP contribution in [0.1, 0.15) is 26.0 Å². The average Bonchev–Trinajstić information content (AvgIpc) is 2.24. The third kappa shape index (κ3) is 4.73. The standard InChI is InChI=1S/C12H15F3N2O/c1-9(2)17(11(18)7-12(13,14)15)8-10-5-3-4-6-16-10/h3-6,9H,7-8H2,1-2H3. The summed E-state index contributed by atoms with van der Waals surface area (Å²) in [6, 6.07) is 4.81. The van der Waals surface area contributed by atoms with E-state index in [1.54, 1.807) is 38.2 Å². The summed E-state index contributed by atoms with van der Waals surface area (Å²) >= 11 is 0. The summed E-state index contributed by atoms with van der Waals surface area (Å²) in [5.74, 6) is -0.928. The Labute approximate surface area is 104 Å². The van der Waals surface area contributed by atoms with Gasteiger partial charge in [-0.2, -0.15) is 13.2 Å². The quantitative estimate of drug-likeness (QED) is 0.834. The monoisotopic (exact) mass is 260 g/mol. The molecule has 100 valence electrons. The van der Waals surface area contributed by atoms with E-state index >= 15 is 0 Å². The van der Waals surface area contributed by atoms with Gasteiger partial charge < -0.3 is 4.90 Å². The highest BCUT2D eigenvalue weighted by Crippen LogP contribution is 2.22. The second kappa shape index (κ2) is 5.84. The third-order valence-corrected chi connectivity index (χ3v) is 2.35. The maximum absolute atomic E-state index is 12.2. The van der Waals surface area contributed by atoms with Crippen molar-refractivity contribution in [1.82, 2.24) is 9.88 Å². The van der Waals surface area contributed by atoms with E-state index in [9.17, 15) is 18.0 Å². The van der Waals surface area contributed by atoms with Gasteiger partial charge in [-0.25, -0.2) is 0 Å². The largest absolute Gasteiger partial charge is 0.397 e. The Balaban J connectivity index is 2.75. The van der Waals surface area contributed by atoms with Crippen molar-refractivity contribution in [2.24, 2.45) is 0 Å². The molecule has 0 N–H and O–H groups in total. The first kappa shape index (κ1) is 14.5. The van der Waals surface area contributed by atoms with Gasteiger partial charge in [0.05, 0.1) is 12.2 Å². The minimum absolute atomic E-state index is 0.0907. The number of halogens is 3. The van der Waals surface area contributed by atoms with Gasteiger partial charge in [0.15, 0.2) is 0 Å². The molecule has 3 nitrogen and oxygen atoms in total. The van der Waals surface area contributed by atoms with Crippen molar-refractivity contribution in [3.8, 4) is 0 Å². The molecule has 0 aliphatic carbocycles. The smallest absolute Gasteiger partial charge is 0.334 e. The number of hydrogen-bond acceptors (Lipinski definition) is 2. The van der Waals surface area contributed by atoms with Crippen molar-refractivity contribution in [3.05, 3.63) is 30.1 Å². The van der Waals surface area contributed by atoms with Gasteiger partial charge in [0, 0.05) is 12.2 Å². The van der Waals surface area contributed by atoms with E-state index in [2.05, 4.69) is 4.98 Å². The van der Waals surface area contributed by atoms with Gasteiger partial charge in [0.25, 0.3) is 0 Å². The molecule has 0 aliphatic rings. The molecule has 1 rings (SSSR count). The van der Waals surface area contributed by atoms with Crippen LogP contribution < -0.4 is 0 Å². The van der Waals surface area contributed by atoms with E-state index in [1.807, 2.05) is 0 Å². The number of carbonyl (C=O) groups excluding carboxylic acids is 1. The Bertz CT molecular complexity index is 390. The first-order valence-electron chi connectivity index (χ1n) is 5.55. The fraction of sp³-hybridized carbons (Fsp3) is 0.500. The second-order valence-electron chi connectivity index (χ2n) is 4.23. The maximum atomic E-state index is 12.2. The van der Waals surface area contributed by atoms with Crippen molar-refractivity contribution in [2.75, 3.05) is 0 Å². The van der Waals surface area contributed by atoms with Gasteiger partial charge >= 0.3 is 6.18 Å². The SMILES string of the molecule is CC(C)N(Cc1ccccn1)C(=O)CC(F)(F)F. The van der Waals surface area contributed by atoms with E-state index in [0.29, 0.717) is 5.69 Å². The molecule has 0 aliphatic heterocycles. The molecular formula is C12H15F3N2O. The lowest BCUT2D eigenvalue weighted by Crippen LogP contribution is -2.38. The zero-order valence-corrected chi connectivity index (χ0v) is 10.2. The fourth-order valence-corrected chi connectivity index (χ4v) is 1.50. The van der Waals surface area contributed by atoms with Crippen molar-refractivity contribution in [1.29, 1.82) is 0 Å². The summed E-state index contributed by atoms with van der Waals surface area (Å²) in [4.78, 5) is 16.8. The van der Waals surface area contributed by atoms with Crippen molar-refractivity contribution in [3.63, 3.8) is 0 Å². The molecule has 18 heavy (non-hydrogen) atoms. The number of aromatic nitrogens is 1. The number of hydrogen-bond donors (Lipinski definition) is 0. The lowest BCUT2D eigenvalue weighted by Gasteiger charge is -2.27. The topological polar surface area (TPSA) is 33.2 Å². The zero-order valence-electron chi connectivity index (χ0n) is 10.2. The normalized spacial score (nSPS) is 11.7. The van der Waals surface area contributed by atoms with Crippen molar-refractivity contribution < 1.29 is 18.0 Å². The Kier molecular flexibility index (Phi) is 4.69. The predicted molar refractivity (Wildman–Crippen MR) is 60.6 cm³/mol. The van der Waals surface area contributed by atoms with Crippen molar-refractivity contribution >= 4 is 5.91 Å². The highest BCUT2D eigenvalue weighted by Gasteiger charge is 2.34. The molecule has 0 bridgehead atoms. The van der Waals surface area contributed by atoms with Gasteiger partial charge in [-0.3, -0.25) is 9.78 Å². The minimum Gasteiger partial charge on any atom is -0.334 e. The summed E-state index contributed by atoms with van der Waals surface area (Å²) in [5, 5.41) is 0. The maximum Gasteiger partial charge on any atom is 0.397 e. The van der Waals surface area contributed by atoms with Gasteiger partial charge in [0.1, 0.15) is 6.42 Å². The predicted octanol–water partition coefficient (Wildman–Crippen LogP) is 2.77. The number of pyridine rings is 1. The van der Waals surface area contributed by atoms with Crippen LogP contribution in [0.4, 0.5) is 13.2 Å². The summed E-state index contributed by atoms with van der Waals surface area (Å²) in [5.41, 5.74) is 0.571. The lowest BCUT2D eigenvalue weighted by atomic mass is 10.2. The zero-order chi connectivity index (χ0) is 13.8. The first-order valence-corrected chi connectivity index (χ1v) is 5.55. The van der Waals surface area contributed by atoms with Crippen LogP contribution in [0.2, 0.25) is 0 Å². The van der Waals surface area contributed by atoms with Gasteiger partial charge in [-0.05, 0) is 26.0 Å². The van der Waals surface area contributed by atoms with Gasteiger partial charge in [0.2, 0.25) is 5.91 Å². The summed E-state index contributed by atoms with van der Waals surface area (Å²) in [6.45, 7) is 3.45. The molecule has 1 amide bonds. The van der Waals surface area contributed by atoms with Crippen LogP contribution in [0.3, 0.4) is 0 Å². The number of nitrogens with zero attached hydrogens (tertiary/aromatic N) is 2. The molecule has 0 spiro atoms. The summed E-state index contributed by atoms with van der Waals surface area (Å²) in [7, 11) is 0. The van der Waals surface area contributed by atoms with Crippen LogP contribution in [0.15, 0.2) is 24.4 Å². The molecule has 1 aromatic heterocycles. The van der Waals surface area contributed by atoms with Gasteiger partial charge in [-0.15, -0.1) is 0 Å². The van der Waals surface area contributed by atoms with Crippen LogP contribution >= 0.6 is 0 Å². The number of amides is 1. The fourth-order valence-electron chi connectivity index (χ4n) is 1.50. The molecule has 0 atom stereocenters. The van der Waals surface area contributed by atoms with E-state index in [-0.39, 0.29) is 12.6 Å². The highest BCUT2D eigenvalue weighted by molar-refractivity contribution is 5.77. The molecule has 0 saturated heterocycles. The molecule has 1 heterocycles. The van der Waals surface area contributed by atoms with E-state index in [1.165, 1.54) is 4.90 Å². The minimum atomic E-state index is -4.48. The third-order valence-electron chi connectivity index (χ3n) is 2.35. The molecule has 0 fully saturated rings. The molecule has 0 unspecified atom stereocenters. The number of rotatable bonds is 4. The van der Waals surface area contributed by atoms with E-state index in [0.717, 1.165) is 0 Å². The Hall–Kier alpha value is -1.59. The number of alkyl halides is 3. The number of carbonyl (C=O) groups is 1. The Morgan fingerprint density at radius 1 is 1.39 bits per heavy atom. The summed E-state index contributed by atoms with van der Waals surface area (Å²) in [6.07, 6.45) is -4.37. The Morgan fingerprint density at radius 3 is 2.50 bits per heavy atom. The van der Waals surface area contributed by atoms with Crippen molar-refractivity contribution in [2.45, 2.75) is 39.0 Å². The summed E-state index contributed by atoms with van der Waals surface area (Å²) < 4.78 is 36.6. The van der Waals surface area contributed by atoms with E-state index in [4.69, 9.17) is 0 Å². The first-order chi connectivity index (χ1) is 8.29. The molecule has 0 radical (unpaired) electrons. The Morgan fingerprint density at radius 2 is 2.06 bits per heavy atom. The molecule has 6 heteroatoms. The van der Waals surface area contributed by atoms with Crippen LogP contribution in [0.5, 0.6) is 0 Å². The van der Waals surface area contributed by atoms with E-state index < -0.39 is 18.5 Å². The molecular weight excluding hydrogens is 245 g/mol. The molecule has 0 aromatic carbocycles. The average molecular weight is 260 g/mol. The second-order valence-corrected chi connectivity index (χ2v) is 4.23. The van der Waals surface area contributed by atoms with Crippen LogP contribution in [0.25, 0.3) is 0 Å². The van der Waals surface area contributed by atoms with Crippen LogP contribution in [-0.4, -0.2) is 28.0 Å².